The maximum Gasteiger partial charge on any atom is 0.223 e. The number of allylic oxidation sites excluding steroid dienone is 1. The van der Waals surface area contributed by atoms with Crippen molar-refractivity contribution in [2.24, 2.45) is 0 Å². The first-order chi connectivity index (χ1) is 28.3. The molecule has 1 unspecified atom stereocenters. The first-order valence-corrected chi connectivity index (χ1v) is 21.6. The molecule has 0 spiro atoms. The topological polar surface area (TPSA) is 100 Å². The molecule has 3 aromatic carbocycles. The standard InChI is InChI=1S/C19H25NOS.C14H19NO2.C14H17NO2.2CH4.B2.H2/c1-2-11-20(12-10-17-6-4-13-22-17)16-8-9-18-15(14-16)5-3-7-19(18)21;2*1-3-14(16)15-11-7-8-12-10(9-11)5-4-6-13(12)17-2;;;1-2;/h3-7,13,16,21H,2,8-12,14H2,1H3;4-6,11H,3,7-9H2,1-2H3,(H,15,16);4-6,9H,3,7-8H2,1-2H3,(H,15,16);2*1H4;;1H/t16-;;;;;;/m0....../s1. The summed E-state index contributed by atoms with van der Waals surface area (Å²) in [5.41, 5.74) is 8.49. The zero-order chi connectivity index (χ0) is 41.9. The Kier molecular flexibility index (Phi) is 23.6. The fourth-order valence-electron chi connectivity index (χ4n) is 8.03. The third-order valence-electron chi connectivity index (χ3n) is 11.0. The van der Waals surface area contributed by atoms with Gasteiger partial charge >= 0.3 is 0 Å². The lowest BCUT2D eigenvalue weighted by Gasteiger charge is -2.35. The molecule has 11 heteroatoms. The minimum absolute atomic E-state index is 0. The van der Waals surface area contributed by atoms with Crippen molar-refractivity contribution in [1.29, 1.82) is 0 Å². The summed E-state index contributed by atoms with van der Waals surface area (Å²) in [5, 5.41) is 18.2. The molecular weight excluding hydrogens is 764 g/mol. The number of amides is 2. The van der Waals surface area contributed by atoms with E-state index in [1.807, 2.05) is 67.7 Å². The normalized spacial score (nSPS) is 15.6. The molecule has 1 heterocycles. The Bertz CT molecular complexity index is 1930. The average Bonchev–Trinajstić information content (AvgIpc) is 3.79. The van der Waals surface area contributed by atoms with Crippen LogP contribution in [0.4, 0.5) is 0 Å². The van der Waals surface area contributed by atoms with E-state index in [2.05, 4.69) is 73.6 Å². The number of nitrogens with zero attached hydrogens (tertiary/aromatic N) is 1. The number of methoxy groups -OCH3 is 2. The number of phenols is 1. The fourth-order valence-corrected chi connectivity index (χ4v) is 8.73. The molecule has 2 amide bonds. The van der Waals surface area contributed by atoms with Crippen LogP contribution in [0.5, 0.6) is 17.2 Å². The number of thiophene rings is 1. The Morgan fingerprint density at radius 1 is 0.783 bits per heavy atom. The van der Waals surface area contributed by atoms with Crippen LogP contribution in [-0.4, -0.2) is 76.7 Å². The molecule has 0 saturated heterocycles. The largest absolute Gasteiger partial charge is 0.508 e. The highest BCUT2D eigenvalue weighted by Gasteiger charge is 2.25. The van der Waals surface area contributed by atoms with Gasteiger partial charge in [-0.05, 0) is 134 Å². The van der Waals surface area contributed by atoms with Gasteiger partial charge in [0.1, 0.15) is 17.2 Å². The number of benzene rings is 3. The van der Waals surface area contributed by atoms with Crippen LogP contribution in [0, 0.1) is 0 Å². The predicted molar refractivity (Wildman–Crippen MR) is 256 cm³/mol. The number of ether oxygens (including phenoxy) is 2. The van der Waals surface area contributed by atoms with Gasteiger partial charge in [0, 0.05) is 64.5 Å². The number of hydrogen-bond acceptors (Lipinski definition) is 7. The van der Waals surface area contributed by atoms with Gasteiger partial charge in [0.15, 0.2) is 0 Å². The smallest absolute Gasteiger partial charge is 0.223 e. The van der Waals surface area contributed by atoms with E-state index in [4.69, 9.17) is 9.47 Å². The fraction of sp³-hybridized carbons (Fsp3) is 0.469. The molecule has 4 aromatic rings. The lowest BCUT2D eigenvalue weighted by atomic mass is 9.81. The summed E-state index contributed by atoms with van der Waals surface area (Å²) >= 11 is 1.86. The van der Waals surface area contributed by atoms with Crippen molar-refractivity contribution in [3.05, 3.63) is 116 Å². The van der Waals surface area contributed by atoms with Crippen LogP contribution in [0.25, 0.3) is 6.08 Å². The van der Waals surface area contributed by atoms with Gasteiger partial charge in [-0.25, -0.2) is 0 Å². The first-order valence-electron chi connectivity index (χ1n) is 20.8. The first kappa shape index (κ1) is 51.7. The van der Waals surface area contributed by atoms with Crippen LogP contribution >= 0.6 is 11.3 Å². The Hall–Kier alpha value is -4.47. The summed E-state index contributed by atoms with van der Waals surface area (Å²) in [6.45, 7) is 8.32. The Morgan fingerprint density at radius 3 is 2.08 bits per heavy atom. The molecule has 7 rings (SSSR count). The van der Waals surface area contributed by atoms with Crippen LogP contribution in [-0.2, 0) is 48.1 Å². The van der Waals surface area contributed by atoms with Crippen LogP contribution in [0.3, 0.4) is 0 Å². The van der Waals surface area contributed by atoms with Crippen LogP contribution in [0.15, 0.2) is 77.8 Å². The molecule has 60 heavy (non-hydrogen) atoms. The molecule has 0 fully saturated rings. The highest BCUT2D eigenvalue weighted by atomic mass is 32.1. The monoisotopic (exact) mass is 836 g/mol. The number of rotatable bonds is 12. The molecule has 4 radical (unpaired) electrons. The van der Waals surface area contributed by atoms with Gasteiger partial charge in [0.05, 0.1) is 14.2 Å². The molecule has 2 atom stereocenters. The van der Waals surface area contributed by atoms with E-state index in [-0.39, 0.29) is 34.1 Å². The van der Waals surface area contributed by atoms with Crippen molar-refractivity contribution in [2.75, 3.05) is 27.3 Å². The lowest BCUT2D eigenvalue weighted by Crippen LogP contribution is -2.41. The van der Waals surface area contributed by atoms with Crippen LogP contribution in [0.1, 0.15) is 114 Å². The number of carbonyl (C=O) groups excluding carboxylic acids is 2. The van der Waals surface area contributed by atoms with Crippen molar-refractivity contribution in [1.82, 2.24) is 15.5 Å². The van der Waals surface area contributed by atoms with E-state index >= 15 is 0 Å². The zero-order valence-electron chi connectivity index (χ0n) is 35.2. The molecule has 1 aromatic heterocycles. The third kappa shape index (κ3) is 14.9. The maximum absolute atomic E-state index is 11.4. The highest BCUT2D eigenvalue weighted by Crippen LogP contribution is 2.32. The second-order valence-corrected chi connectivity index (χ2v) is 15.8. The molecule has 324 valence electrons. The van der Waals surface area contributed by atoms with Gasteiger partial charge in [-0.15, -0.1) is 11.3 Å². The van der Waals surface area contributed by atoms with Gasteiger partial charge in [-0.3, -0.25) is 14.5 Å². The Morgan fingerprint density at radius 2 is 1.43 bits per heavy atom. The van der Waals surface area contributed by atoms with Gasteiger partial charge in [-0.2, -0.15) is 0 Å². The number of fused-ring (bicyclic) bond motifs is 3. The number of carbonyl (C=O) groups is 2. The summed E-state index contributed by atoms with van der Waals surface area (Å²) in [6.07, 6.45) is 13.4. The number of nitrogens with one attached hydrogen (secondary N) is 2. The van der Waals surface area contributed by atoms with E-state index in [1.165, 1.54) is 45.7 Å². The molecule has 3 aliphatic carbocycles. The second kappa shape index (κ2) is 27.4. The van der Waals surface area contributed by atoms with Crippen molar-refractivity contribution in [3.63, 3.8) is 0 Å². The van der Waals surface area contributed by atoms with E-state index < -0.39 is 0 Å². The van der Waals surface area contributed by atoms with Crippen molar-refractivity contribution < 1.29 is 25.6 Å². The molecule has 0 saturated carbocycles. The van der Waals surface area contributed by atoms with Crippen LogP contribution in [0.2, 0.25) is 0 Å². The molecule has 3 N–H and O–H groups in total. The average molecular weight is 836 g/mol. The molecular formula is C49H71B2N3O5S. The zero-order valence-corrected chi connectivity index (χ0v) is 36.0. The minimum atomic E-state index is 0. The van der Waals surface area contributed by atoms with Crippen molar-refractivity contribution in [3.8, 4) is 17.2 Å². The molecule has 0 aliphatic heterocycles. The SMILES string of the molecule is C.C.CCC(=O)NC1=Cc2cccc(OC)c2CC1.CCC(=O)NC1CCc2c(cccc2OC)C1.CCCN(CCc1cccs1)[C@H]1CCc2c(O)cccc2C1.[B][B].[HH]. The number of hydrogen-bond donors (Lipinski definition) is 3. The summed E-state index contributed by atoms with van der Waals surface area (Å²) in [6, 6.07) is 23.4. The van der Waals surface area contributed by atoms with Gasteiger partial charge in [0.2, 0.25) is 11.8 Å². The van der Waals surface area contributed by atoms with E-state index in [0.29, 0.717) is 24.6 Å². The predicted octanol–water partition coefficient (Wildman–Crippen LogP) is 9.61. The molecule has 0 bridgehead atoms. The number of phenolic OH excluding ortho intramolecular Hbond substituents is 1. The number of aromatic hydroxyl groups is 1. The van der Waals surface area contributed by atoms with Gasteiger partial charge in [-0.1, -0.05) is 78.1 Å². The summed E-state index contributed by atoms with van der Waals surface area (Å²) in [5.74, 6) is 2.60. The van der Waals surface area contributed by atoms with Gasteiger partial charge < -0.3 is 25.2 Å². The van der Waals surface area contributed by atoms with Gasteiger partial charge in [0.25, 0.3) is 0 Å². The quantitative estimate of drug-likeness (QED) is 0.123. The summed E-state index contributed by atoms with van der Waals surface area (Å²) in [4.78, 5) is 26.9. The maximum atomic E-state index is 11.4. The van der Waals surface area contributed by atoms with Crippen molar-refractivity contribution in [2.45, 2.75) is 125 Å². The van der Waals surface area contributed by atoms with E-state index in [9.17, 15) is 14.7 Å². The Labute approximate surface area is 369 Å². The summed E-state index contributed by atoms with van der Waals surface area (Å²) in [7, 11) is 11.4. The third-order valence-corrected chi connectivity index (χ3v) is 11.9. The minimum Gasteiger partial charge on any atom is -0.508 e. The highest BCUT2D eigenvalue weighted by molar-refractivity contribution is 7.09. The molecule has 8 nitrogen and oxygen atoms in total. The van der Waals surface area contributed by atoms with Crippen molar-refractivity contribution >= 4 is 44.7 Å². The summed E-state index contributed by atoms with van der Waals surface area (Å²) < 4.78 is 10.7. The Balaban J connectivity index is 0.000000442. The van der Waals surface area contributed by atoms with E-state index in [1.54, 1.807) is 14.2 Å². The second-order valence-electron chi connectivity index (χ2n) is 14.7. The van der Waals surface area contributed by atoms with Crippen LogP contribution < -0.4 is 20.1 Å². The van der Waals surface area contributed by atoms with E-state index in [0.717, 1.165) is 87.1 Å². The molecule has 3 aliphatic rings. The lowest BCUT2D eigenvalue weighted by molar-refractivity contribution is -0.121.